The molecule has 7 heteroatoms. The van der Waals surface area contributed by atoms with E-state index in [9.17, 15) is 8.78 Å². The molecule has 0 bridgehead atoms. The van der Waals surface area contributed by atoms with Gasteiger partial charge in [0.2, 0.25) is 0 Å². The van der Waals surface area contributed by atoms with Gasteiger partial charge >= 0.3 is 0 Å². The van der Waals surface area contributed by atoms with Crippen LogP contribution in [-0.2, 0) is 11.0 Å². The van der Waals surface area contributed by atoms with Crippen molar-refractivity contribution in [2.45, 2.75) is 57.5 Å². The number of aryl methyl sites for hydroxylation is 1. The molecule has 3 rings (SSSR count). The van der Waals surface area contributed by atoms with Gasteiger partial charge in [0.15, 0.2) is 8.32 Å². The van der Waals surface area contributed by atoms with Gasteiger partial charge in [-0.05, 0) is 47.8 Å². The average molecular weight is 425 g/mol. The van der Waals surface area contributed by atoms with Crippen LogP contribution in [-0.4, -0.2) is 19.8 Å². The molecule has 0 amide bonds. The number of nitrogens with one attached hydrogen (secondary N) is 1. The van der Waals surface area contributed by atoms with Crippen LogP contribution >= 0.6 is 11.6 Å². The number of nitrogens with zero attached hydrogens (tertiary/aromatic N) is 1. The van der Waals surface area contributed by atoms with E-state index in [4.69, 9.17) is 16.0 Å². The fourth-order valence-corrected chi connectivity index (χ4v) is 8.21. The fourth-order valence-electron chi connectivity index (χ4n) is 4.03. The summed E-state index contributed by atoms with van der Waals surface area (Å²) in [7, 11) is -1.80. The van der Waals surface area contributed by atoms with Crippen LogP contribution in [0.1, 0.15) is 43.1 Å². The van der Waals surface area contributed by atoms with Gasteiger partial charge in [-0.1, -0.05) is 31.9 Å². The molecule has 2 heterocycles. The molecule has 1 saturated heterocycles. The molecule has 2 unspecified atom stereocenters. The van der Waals surface area contributed by atoms with E-state index in [1.807, 2.05) is 6.92 Å². The van der Waals surface area contributed by atoms with E-state index in [1.54, 1.807) is 12.4 Å². The van der Waals surface area contributed by atoms with Crippen LogP contribution in [0.25, 0.3) is 0 Å². The molecule has 0 radical (unpaired) electrons. The lowest BCUT2D eigenvalue weighted by molar-refractivity contribution is 0.169. The summed E-state index contributed by atoms with van der Waals surface area (Å²) >= 11 is 6.48. The van der Waals surface area contributed by atoms with Crippen molar-refractivity contribution in [3.63, 3.8) is 0 Å². The Kier molecular flexibility index (Phi) is 6.86. The summed E-state index contributed by atoms with van der Waals surface area (Å²) in [5, 5.41) is 3.90. The Morgan fingerprint density at radius 3 is 2.54 bits per heavy atom. The van der Waals surface area contributed by atoms with Crippen LogP contribution < -0.4 is 5.32 Å². The first-order chi connectivity index (χ1) is 13.3. The van der Waals surface area contributed by atoms with Gasteiger partial charge < -0.3 is 9.74 Å². The van der Waals surface area contributed by atoms with Gasteiger partial charge in [0.1, 0.15) is 11.6 Å². The van der Waals surface area contributed by atoms with Crippen molar-refractivity contribution in [2.75, 3.05) is 6.54 Å². The zero-order chi connectivity index (χ0) is 20.3. The van der Waals surface area contributed by atoms with Crippen molar-refractivity contribution in [3.05, 3.63) is 63.9 Å². The monoisotopic (exact) mass is 424 g/mol. The highest BCUT2D eigenvalue weighted by Gasteiger charge is 2.48. The molecule has 1 aromatic carbocycles. The standard InChI is InChI=1S/C21H27ClF2N2OSi/c1-4-28(6-5-15(28)3)27-20(21-14(2)10-25-12-19(21)22)13-26-11-16-7-17(23)9-18(24)8-16/h7-10,12,15,20,26H,4-6,11,13H2,1-3H3/t15-,20?,28?/m1/s1. The van der Waals surface area contributed by atoms with Gasteiger partial charge in [0.05, 0.1) is 11.1 Å². The van der Waals surface area contributed by atoms with Crippen LogP contribution in [0.5, 0.6) is 0 Å². The number of aromatic nitrogens is 1. The van der Waals surface area contributed by atoms with E-state index in [0.717, 1.165) is 29.3 Å². The lowest BCUT2D eigenvalue weighted by Crippen LogP contribution is -2.51. The summed E-state index contributed by atoms with van der Waals surface area (Å²) in [4.78, 5) is 4.16. The van der Waals surface area contributed by atoms with Crippen LogP contribution in [0.3, 0.4) is 0 Å². The summed E-state index contributed by atoms with van der Waals surface area (Å²) in [6, 6.07) is 5.80. The number of benzene rings is 1. The Morgan fingerprint density at radius 2 is 2.00 bits per heavy atom. The minimum atomic E-state index is -1.80. The highest BCUT2D eigenvalue weighted by molar-refractivity contribution is 6.77. The summed E-state index contributed by atoms with van der Waals surface area (Å²) in [5.74, 6) is -1.14. The fraction of sp³-hybridized carbons (Fsp3) is 0.476. The minimum absolute atomic E-state index is 0.205. The van der Waals surface area contributed by atoms with Gasteiger partial charge in [0, 0.05) is 37.1 Å². The van der Waals surface area contributed by atoms with E-state index >= 15 is 0 Å². The third-order valence-electron chi connectivity index (χ3n) is 5.92. The predicted molar refractivity (Wildman–Crippen MR) is 111 cm³/mol. The molecule has 2 aromatic rings. The molecule has 1 aliphatic rings. The predicted octanol–water partition coefficient (Wildman–Crippen LogP) is 5.93. The molecule has 152 valence electrons. The van der Waals surface area contributed by atoms with Crippen LogP contribution in [0.4, 0.5) is 8.78 Å². The molecule has 1 aliphatic heterocycles. The first kappa shape index (κ1) is 21.4. The van der Waals surface area contributed by atoms with E-state index in [1.165, 1.54) is 18.6 Å². The van der Waals surface area contributed by atoms with Crippen LogP contribution in [0, 0.1) is 18.6 Å². The van der Waals surface area contributed by atoms with E-state index in [2.05, 4.69) is 24.1 Å². The van der Waals surface area contributed by atoms with Crippen molar-refractivity contribution in [3.8, 4) is 0 Å². The van der Waals surface area contributed by atoms with E-state index < -0.39 is 20.0 Å². The SMILES string of the molecule is CC[Si]1(OC(CNCc2cc(F)cc(F)c2)c2c(C)cncc2Cl)CC[C@H]1C. The van der Waals surface area contributed by atoms with Crippen molar-refractivity contribution >= 4 is 19.9 Å². The molecule has 1 N–H and O–H groups in total. The molecule has 0 saturated carbocycles. The van der Waals surface area contributed by atoms with Crippen LogP contribution in [0.15, 0.2) is 30.6 Å². The summed E-state index contributed by atoms with van der Waals surface area (Å²) < 4.78 is 33.7. The summed E-state index contributed by atoms with van der Waals surface area (Å²) in [6.07, 6.45) is 4.45. The quantitative estimate of drug-likeness (QED) is 0.533. The normalized spacial score (nSPS) is 22.7. The highest BCUT2D eigenvalue weighted by atomic mass is 35.5. The van der Waals surface area contributed by atoms with Crippen molar-refractivity contribution < 1.29 is 13.2 Å². The number of hydrogen-bond acceptors (Lipinski definition) is 3. The maximum Gasteiger partial charge on any atom is 0.196 e. The van der Waals surface area contributed by atoms with Crippen LogP contribution in [0.2, 0.25) is 22.7 Å². The largest absolute Gasteiger partial charge is 0.408 e. The minimum Gasteiger partial charge on any atom is -0.408 e. The molecule has 1 fully saturated rings. The maximum atomic E-state index is 13.4. The molecule has 0 aliphatic carbocycles. The van der Waals surface area contributed by atoms with E-state index in [-0.39, 0.29) is 6.10 Å². The maximum absolute atomic E-state index is 13.4. The zero-order valence-electron chi connectivity index (χ0n) is 16.6. The lowest BCUT2D eigenvalue weighted by Gasteiger charge is -2.47. The number of hydrogen-bond donors (Lipinski definition) is 1. The van der Waals surface area contributed by atoms with Crippen molar-refractivity contribution in [1.82, 2.24) is 10.3 Å². The number of pyridine rings is 1. The Hall–Kier alpha value is -1.34. The third kappa shape index (κ3) is 4.62. The molecule has 28 heavy (non-hydrogen) atoms. The van der Waals surface area contributed by atoms with Gasteiger partial charge in [-0.2, -0.15) is 0 Å². The Morgan fingerprint density at radius 1 is 1.29 bits per heavy atom. The molecular formula is C21H27ClF2N2OSi. The Balaban J connectivity index is 1.78. The third-order valence-corrected chi connectivity index (χ3v) is 11.4. The van der Waals surface area contributed by atoms with Gasteiger partial charge in [-0.3, -0.25) is 4.98 Å². The molecule has 1 aromatic heterocycles. The molecule has 3 nitrogen and oxygen atoms in total. The van der Waals surface area contributed by atoms with Crippen molar-refractivity contribution in [2.24, 2.45) is 0 Å². The summed E-state index contributed by atoms with van der Waals surface area (Å²) in [5.41, 5.74) is 3.13. The van der Waals surface area contributed by atoms with Crippen molar-refractivity contribution in [1.29, 1.82) is 0 Å². The second-order valence-corrected chi connectivity index (χ2v) is 12.7. The second-order valence-electron chi connectivity index (χ2n) is 7.73. The van der Waals surface area contributed by atoms with Gasteiger partial charge in [-0.15, -0.1) is 0 Å². The average Bonchev–Trinajstić information content (AvgIpc) is 2.63. The molecule has 3 atom stereocenters. The summed E-state index contributed by atoms with van der Waals surface area (Å²) in [6.45, 7) is 7.34. The van der Waals surface area contributed by atoms with Gasteiger partial charge in [0.25, 0.3) is 0 Å². The highest BCUT2D eigenvalue weighted by Crippen LogP contribution is 2.48. The first-order valence-corrected chi connectivity index (χ1v) is 12.6. The molecule has 0 spiro atoms. The molecular weight excluding hydrogens is 398 g/mol. The lowest BCUT2D eigenvalue weighted by atomic mass is 10.1. The smallest absolute Gasteiger partial charge is 0.196 e. The zero-order valence-corrected chi connectivity index (χ0v) is 18.3. The topological polar surface area (TPSA) is 34.1 Å². The number of halogens is 3. The first-order valence-electron chi connectivity index (χ1n) is 9.78. The van der Waals surface area contributed by atoms with E-state index in [0.29, 0.717) is 29.2 Å². The van der Waals surface area contributed by atoms with Gasteiger partial charge in [-0.25, -0.2) is 8.78 Å². The second kappa shape index (κ2) is 8.99. The Labute approximate surface area is 171 Å². The number of rotatable bonds is 8. The Bertz CT molecular complexity index is 794.